The summed E-state index contributed by atoms with van der Waals surface area (Å²) < 4.78 is 5.46. The minimum Gasteiger partial charge on any atom is -0.508 e. The summed E-state index contributed by atoms with van der Waals surface area (Å²) in [7, 11) is 0. The summed E-state index contributed by atoms with van der Waals surface area (Å²) in [6.07, 6.45) is 0. The maximum absolute atomic E-state index is 12.6. The van der Waals surface area contributed by atoms with Gasteiger partial charge in [-0.1, -0.05) is 30.3 Å². The fourth-order valence-corrected chi connectivity index (χ4v) is 3.93. The van der Waals surface area contributed by atoms with Crippen molar-refractivity contribution in [1.82, 2.24) is 0 Å². The van der Waals surface area contributed by atoms with Crippen LogP contribution in [0.4, 0.5) is 0 Å². The lowest BCUT2D eigenvalue weighted by Gasteiger charge is -2.02. The first-order valence-corrected chi connectivity index (χ1v) is 9.66. The molecule has 138 valence electrons. The molecular weight excluding hydrogens is 392 g/mol. The number of thioether (sulfide) groups is 1. The molecule has 0 amide bonds. The molecule has 0 aromatic heterocycles. The van der Waals surface area contributed by atoms with Gasteiger partial charge in [0.05, 0.1) is 5.56 Å². The largest absolute Gasteiger partial charge is 0.508 e. The highest BCUT2D eigenvalue weighted by atomic mass is 32.2. The summed E-state index contributed by atoms with van der Waals surface area (Å²) in [5, 5.41) is 9.17. The van der Waals surface area contributed by atoms with Gasteiger partial charge in [0.1, 0.15) is 11.5 Å². The van der Waals surface area contributed by atoms with Crippen LogP contribution in [0.1, 0.15) is 10.4 Å². The molecule has 0 bridgehead atoms. The van der Waals surface area contributed by atoms with Crippen molar-refractivity contribution < 1.29 is 14.3 Å². The topological polar surface area (TPSA) is 67.5 Å². The number of hydrogen-bond donors (Lipinski definition) is 2. The van der Waals surface area contributed by atoms with Crippen molar-refractivity contribution in [2.75, 3.05) is 0 Å². The van der Waals surface area contributed by atoms with Gasteiger partial charge in [0.15, 0.2) is 0 Å². The van der Waals surface area contributed by atoms with Gasteiger partial charge in [-0.15, -0.1) is 12.6 Å². The molecule has 4 rings (SSSR count). The fraction of sp³-hybridized carbons (Fsp3) is 0. The molecule has 2 aliphatic rings. The van der Waals surface area contributed by atoms with E-state index in [0.717, 1.165) is 17.3 Å². The molecule has 1 aliphatic heterocycles. The zero-order valence-corrected chi connectivity index (χ0v) is 16.2. The number of carbonyl (C=O) groups excluding carboxylic acids is 1. The predicted molar refractivity (Wildman–Crippen MR) is 113 cm³/mol. The third-order valence-electron chi connectivity index (χ3n) is 4.23. The molecular formula is C22H14O4S2. The number of rotatable bonds is 3. The van der Waals surface area contributed by atoms with Crippen LogP contribution in [-0.2, 0) is 0 Å². The van der Waals surface area contributed by atoms with E-state index < -0.39 is 5.63 Å². The minimum atomic E-state index is -0.422. The Morgan fingerprint density at radius 3 is 2.39 bits per heavy atom. The predicted octanol–water partition coefficient (Wildman–Crippen LogP) is 5.34. The number of thiol groups is 1. The van der Waals surface area contributed by atoms with E-state index in [1.807, 2.05) is 30.3 Å². The quantitative estimate of drug-likeness (QED) is 0.355. The zero-order chi connectivity index (χ0) is 19.7. The number of furan rings is 1. The molecule has 1 N–H and O–H groups in total. The third kappa shape index (κ3) is 3.56. The van der Waals surface area contributed by atoms with Crippen LogP contribution in [0.25, 0.3) is 22.5 Å². The van der Waals surface area contributed by atoms with Gasteiger partial charge in [-0.05, 0) is 59.8 Å². The number of phenols is 1. The summed E-state index contributed by atoms with van der Waals surface area (Å²) in [5.41, 5.74) is 1.95. The van der Waals surface area contributed by atoms with E-state index in [2.05, 4.69) is 12.6 Å². The smallest absolute Gasteiger partial charge is 0.344 e. The number of aromatic hydroxyl groups is 1. The van der Waals surface area contributed by atoms with Crippen molar-refractivity contribution in [3.05, 3.63) is 88.8 Å². The number of fused-ring (bicyclic) bond motifs is 1. The Morgan fingerprint density at radius 2 is 1.68 bits per heavy atom. The molecule has 0 fully saturated rings. The second-order valence-electron chi connectivity index (χ2n) is 6.07. The van der Waals surface area contributed by atoms with Gasteiger partial charge in [-0.3, -0.25) is 4.79 Å². The Balaban J connectivity index is 1.74. The average Bonchev–Trinajstić information content (AvgIpc) is 2.93. The first kappa shape index (κ1) is 18.4. The Kier molecular flexibility index (Phi) is 4.98. The molecule has 0 spiro atoms. The highest BCUT2D eigenvalue weighted by Crippen LogP contribution is 2.37. The number of benzene rings is 2. The summed E-state index contributed by atoms with van der Waals surface area (Å²) in [6.45, 7) is 0. The van der Waals surface area contributed by atoms with Crippen LogP contribution in [-0.4, -0.2) is 10.2 Å². The SMILES string of the molecule is O=C(Sc1cc2oc(=O)c(-c3ccccc3)c-2ccc1S)c1ccc(O)cc1. The lowest BCUT2D eigenvalue weighted by molar-refractivity contribution is 0.108. The molecule has 6 heteroatoms. The van der Waals surface area contributed by atoms with Crippen molar-refractivity contribution in [1.29, 1.82) is 0 Å². The summed E-state index contributed by atoms with van der Waals surface area (Å²) >= 11 is 5.47. The van der Waals surface area contributed by atoms with Crippen LogP contribution in [0.5, 0.6) is 5.75 Å². The lowest BCUT2D eigenvalue weighted by atomic mass is 10.0. The maximum Gasteiger partial charge on any atom is 0.344 e. The highest BCUT2D eigenvalue weighted by molar-refractivity contribution is 8.14. The third-order valence-corrected chi connectivity index (χ3v) is 5.75. The molecule has 0 atom stereocenters. The molecule has 0 unspecified atom stereocenters. The van der Waals surface area contributed by atoms with Crippen molar-refractivity contribution >= 4 is 29.5 Å². The molecule has 0 radical (unpaired) electrons. The van der Waals surface area contributed by atoms with Crippen molar-refractivity contribution in [2.45, 2.75) is 9.79 Å². The number of carbonyl (C=O) groups is 1. The van der Waals surface area contributed by atoms with Crippen LogP contribution in [0.2, 0.25) is 0 Å². The van der Waals surface area contributed by atoms with E-state index in [1.165, 1.54) is 12.1 Å². The zero-order valence-electron chi connectivity index (χ0n) is 14.5. The Hall–Kier alpha value is -2.96. The van der Waals surface area contributed by atoms with Gasteiger partial charge >= 0.3 is 5.63 Å². The lowest BCUT2D eigenvalue weighted by Crippen LogP contribution is -1.95. The monoisotopic (exact) mass is 406 g/mol. The Morgan fingerprint density at radius 1 is 0.964 bits per heavy atom. The van der Waals surface area contributed by atoms with E-state index in [-0.39, 0.29) is 10.9 Å². The number of phenolic OH excluding ortho intramolecular Hbond substituents is 1. The van der Waals surface area contributed by atoms with Gasteiger partial charge in [0.2, 0.25) is 5.12 Å². The van der Waals surface area contributed by atoms with Crippen LogP contribution >= 0.6 is 24.4 Å². The molecule has 4 nitrogen and oxygen atoms in total. The van der Waals surface area contributed by atoms with E-state index in [9.17, 15) is 14.7 Å². The summed E-state index contributed by atoms with van der Waals surface area (Å²) in [6, 6.07) is 20.5. The highest BCUT2D eigenvalue weighted by Gasteiger charge is 2.20. The van der Waals surface area contributed by atoms with E-state index in [4.69, 9.17) is 4.42 Å². The van der Waals surface area contributed by atoms with Crippen LogP contribution in [0.3, 0.4) is 0 Å². The van der Waals surface area contributed by atoms with E-state index >= 15 is 0 Å². The molecule has 0 saturated heterocycles. The van der Waals surface area contributed by atoms with E-state index in [0.29, 0.717) is 32.2 Å². The summed E-state index contributed by atoms with van der Waals surface area (Å²) in [4.78, 5) is 26.2. The van der Waals surface area contributed by atoms with Gasteiger partial charge < -0.3 is 9.52 Å². The number of hydrogen-bond acceptors (Lipinski definition) is 6. The first-order valence-electron chi connectivity index (χ1n) is 8.39. The van der Waals surface area contributed by atoms with Crippen LogP contribution in [0.15, 0.2) is 91.8 Å². The Bertz CT molecular complexity index is 1180. The van der Waals surface area contributed by atoms with Gasteiger partial charge in [0, 0.05) is 20.9 Å². The first-order chi connectivity index (χ1) is 13.5. The normalized spacial score (nSPS) is 10.9. The van der Waals surface area contributed by atoms with Gasteiger partial charge in [0.25, 0.3) is 0 Å². The Labute approximate surface area is 170 Å². The van der Waals surface area contributed by atoms with Gasteiger partial charge in [-0.2, -0.15) is 0 Å². The second kappa shape index (κ2) is 7.58. The molecule has 2 aromatic carbocycles. The molecule has 0 saturated carbocycles. The molecule has 28 heavy (non-hydrogen) atoms. The van der Waals surface area contributed by atoms with Crippen LogP contribution in [0, 0.1) is 0 Å². The van der Waals surface area contributed by atoms with Crippen LogP contribution < -0.4 is 5.63 Å². The summed E-state index contributed by atoms with van der Waals surface area (Å²) in [5.74, 6) is 0.487. The molecule has 1 aliphatic carbocycles. The standard InChI is InChI=1S/C22H14O4S2/c23-15-8-6-14(7-9-15)22(25)28-19-12-17-16(10-11-18(19)27)20(21(24)26-17)13-4-2-1-3-5-13/h1-12,23,27H. The van der Waals surface area contributed by atoms with Crippen molar-refractivity contribution in [2.24, 2.45) is 0 Å². The minimum absolute atomic E-state index is 0.0938. The van der Waals surface area contributed by atoms with Gasteiger partial charge in [-0.25, -0.2) is 4.79 Å². The second-order valence-corrected chi connectivity index (χ2v) is 7.57. The maximum atomic E-state index is 12.6. The van der Waals surface area contributed by atoms with E-state index in [1.54, 1.807) is 30.3 Å². The molecule has 1 heterocycles. The van der Waals surface area contributed by atoms with Crippen molar-refractivity contribution in [3.8, 4) is 28.2 Å². The average molecular weight is 406 g/mol. The molecule has 2 aromatic rings. The van der Waals surface area contributed by atoms with Crippen molar-refractivity contribution in [3.63, 3.8) is 0 Å². The fourth-order valence-electron chi connectivity index (χ4n) is 2.87.